The van der Waals surface area contributed by atoms with Crippen LogP contribution in [-0.4, -0.2) is 37.4 Å². The van der Waals surface area contributed by atoms with E-state index in [-0.39, 0.29) is 41.7 Å². The Morgan fingerprint density at radius 3 is 2.31 bits per heavy atom. The molecule has 0 aliphatic rings. The Balaban J connectivity index is 2.36. The van der Waals surface area contributed by atoms with Crippen LogP contribution in [0.4, 0.5) is 0 Å². The van der Waals surface area contributed by atoms with Crippen molar-refractivity contribution in [2.45, 2.75) is 32.6 Å². The highest BCUT2D eigenvalue weighted by Gasteiger charge is 2.23. The summed E-state index contributed by atoms with van der Waals surface area (Å²) in [5.41, 5.74) is 0.711. The van der Waals surface area contributed by atoms with Gasteiger partial charge in [-0.15, -0.1) is 0 Å². The van der Waals surface area contributed by atoms with Crippen molar-refractivity contribution in [2.75, 3.05) is 20.8 Å². The van der Waals surface area contributed by atoms with Crippen molar-refractivity contribution in [1.29, 1.82) is 0 Å². The minimum absolute atomic E-state index is 0.0597. The third-order valence-corrected chi connectivity index (χ3v) is 4.93. The van der Waals surface area contributed by atoms with E-state index in [0.717, 1.165) is 12.8 Å². The number of ketones is 2. The third-order valence-electron chi connectivity index (χ3n) is 4.28. The Labute approximate surface area is 180 Å². The number of benzene rings is 1. The van der Waals surface area contributed by atoms with Gasteiger partial charge in [-0.1, -0.05) is 36.5 Å². The summed E-state index contributed by atoms with van der Waals surface area (Å²) in [7, 11) is 2.92. The molecule has 2 rings (SSSR count). The van der Waals surface area contributed by atoms with Gasteiger partial charge in [-0.25, -0.2) is 0 Å². The summed E-state index contributed by atoms with van der Waals surface area (Å²) in [6.07, 6.45) is 4.89. The van der Waals surface area contributed by atoms with E-state index >= 15 is 0 Å². The van der Waals surface area contributed by atoms with Gasteiger partial charge in [0.2, 0.25) is 5.75 Å². The highest BCUT2D eigenvalue weighted by atomic mass is 35.5. The molecule has 1 heterocycles. The zero-order valence-electron chi connectivity index (χ0n) is 16.6. The Bertz CT molecular complexity index is 865. The second kappa shape index (κ2) is 11.0. The Hall–Kier alpha value is -2.31. The number of methoxy groups -OCH3 is 2. The first-order valence-corrected chi connectivity index (χ1v) is 9.89. The molecule has 0 bridgehead atoms. The summed E-state index contributed by atoms with van der Waals surface area (Å²) in [6, 6.07) is 3.17. The van der Waals surface area contributed by atoms with Crippen LogP contribution in [0.2, 0.25) is 10.0 Å². The van der Waals surface area contributed by atoms with Crippen LogP contribution >= 0.6 is 23.2 Å². The molecule has 2 aromatic rings. The maximum Gasteiger partial charge on any atom is 0.204 e. The molecule has 1 aromatic carbocycles. The number of hydrogen-bond acceptors (Lipinski definition) is 6. The normalized spacial score (nSPS) is 10.5. The molecule has 29 heavy (non-hydrogen) atoms. The predicted octanol–water partition coefficient (Wildman–Crippen LogP) is 4.97. The van der Waals surface area contributed by atoms with Crippen LogP contribution < -0.4 is 14.2 Å². The summed E-state index contributed by atoms with van der Waals surface area (Å²) < 4.78 is 16.4. The lowest BCUT2D eigenvalue weighted by molar-refractivity contribution is -0.121. The first-order valence-electron chi connectivity index (χ1n) is 9.13. The topological polar surface area (TPSA) is 74.7 Å². The minimum Gasteiger partial charge on any atom is -0.493 e. The maximum absolute atomic E-state index is 13.0. The van der Waals surface area contributed by atoms with Crippen LogP contribution in [0.25, 0.3) is 0 Å². The molecule has 156 valence electrons. The highest BCUT2D eigenvalue weighted by molar-refractivity contribution is 6.36. The van der Waals surface area contributed by atoms with Gasteiger partial charge in [0, 0.05) is 30.8 Å². The fraction of sp³-hybridized carbons (Fsp3) is 0.381. The molecule has 0 saturated carbocycles. The summed E-state index contributed by atoms with van der Waals surface area (Å²) in [4.78, 5) is 29.0. The van der Waals surface area contributed by atoms with Crippen molar-refractivity contribution in [3.63, 3.8) is 0 Å². The van der Waals surface area contributed by atoms with Gasteiger partial charge in [-0.3, -0.25) is 14.6 Å². The number of halogens is 2. The van der Waals surface area contributed by atoms with Crippen molar-refractivity contribution in [2.24, 2.45) is 0 Å². The van der Waals surface area contributed by atoms with Gasteiger partial charge in [0.1, 0.15) is 6.61 Å². The SMILES string of the molecule is CCCCC(=O)COc1c(C(=O)Cc2c(Cl)cncc2Cl)ccc(OC)c1OC. The fourth-order valence-electron chi connectivity index (χ4n) is 2.72. The van der Waals surface area contributed by atoms with Gasteiger partial charge in [0.25, 0.3) is 0 Å². The quantitative estimate of drug-likeness (QED) is 0.460. The van der Waals surface area contributed by atoms with E-state index in [1.807, 2.05) is 6.92 Å². The van der Waals surface area contributed by atoms with Crippen LogP contribution in [0.3, 0.4) is 0 Å². The first kappa shape index (κ1) is 23.0. The average molecular weight is 440 g/mol. The van der Waals surface area contributed by atoms with Crippen molar-refractivity contribution in [1.82, 2.24) is 4.98 Å². The van der Waals surface area contributed by atoms with Crippen LogP contribution in [0.1, 0.15) is 42.1 Å². The molecular formula is C21H23Cl2NO5. The van der Waals surface area contributed by atoms with Crippen molar-refractivity contribution in [3.05, 3.63) is 45.7 Å². The Kier molecular flexibility index (Phi) is 8.73. The zero-order valence-corrected chi connectivity index (χ0v) is 18.1. The molecule has 0 saturated heterocycles. The van der Waals surface area contributed by atoms with Crippen molar-refractivity contribution in [3.8, 4) is 17.2 Å². The summed E-state index contributed by atoms with van der Waals surface area (Å²) in [6.45, 7) is 1.84. The first-order chi connectivity index (χ1) is 13.9. The molecule has 0 spiro atoms. The molecule has 0 unspecified atom stereocenters. The number of carbonyl (C=O) groups is 2. The molecule has 0 radical (unpaired) electrons. The van der Waals surface area contributed by atoms with E-state index in [1.165, 1.54) is 26.6 Å². The molecule has 0 atom stereocenters. The molecule has 0 N–H and O–H groups in total. The van der Waals surface area contributed by atoms with Crippen LogP contribution in [0, 0.1) is 0 Å². The monoisotopic (exact) mass is 439 g/mol. The van der Waals surface area contributed by atoms with Gasteiger partial charge in [0.05, 0.1) is 29.8 Å². The van der Waals surface area contributed by atoms with E-state index in [4.69, 9.17) is 37.4 Å². The van der Waals surface area contributed by atoms with Gasteiger partial charge < -0.3 is 14.2 Å². The lowest BCUT2D eigenvalue weighted by Crippen LogP contribution is -2.15. The molecule has 0 aliphatic heterocycles. The van der Waals surface area contributed by atoms with Crippen LogP contribution in [0.5, 0.6) is 17.2 Å². The molecule has 0 aliphatic carbocycles. The van der Waals surface area contributed by atoms with Crippen molar-refractivity contribution < 1.29 is 23.8 Å². The van der Waals surface area contributed by atoms with E-state index in [9.17, 15) is 9.59 Å². The smallest absolute Gasteiger partial charge is 0.204 e. The number of carbonyl (C=O) groups excluding carboxylic acids is 2. The van der Waals surface area contributed by atoms with E-state index in [1.54, 1.807) is 12.1 Å². The largest absolute Gasteiger partial charge is 0.493 e. The Morgan fingerprint density at radius 1 is 1.03 bits per heavy atom. The molecule has 0 fully saturated rings. The summed E-state index contributed by atoms with van der Waals surface area (Å²) >= 11 is 12.3. The fourth-order valence-corrected chi connectivity index (χ4v) is 3.22. The minimum atomic E-state index is -0.294. The summed E-state index contributed by atoms with van der Waals surface area (Å²) in [5, 5.41) is 0.590. The standard InChI is InChI=1S/C21H23Cl2NO5/c1-4-5-6-13(25)12-29-20-14(7-8-19(27-2)21(20)28-3)18(26)9-15-16(22)10-24-11-17(15)23/h7-8,10-11H,4-6,9,12H2,1-3H3. The van der Waals surface area contributed by atoms with Gasteiger partial charge >= 0.3 is 0 Å². The number of Topliss-reactive ketones (excluding diaryl/α,β-unsaturated/α-hetero) is 2. The lowest BCUT2D eigenvalue weighted by atomic mass is 10.0. The second-order valence-electron chi connectivity index (χ2n) is 6.29. The third kappa shape index (κ3) is 5.84. The zero-order chi connectivity index (χ0) is 21.4. The van der Waals surface area contributed by atoms with Crippen molar-refractivity contribution >= 4 is 34.8 Å². The average Bonchev–Trinajstić information content (AvgIpc) is 2.72. The second-order valence-corrected chi connectivity index (χ2v) is 7.10. The highest BCUT2D eigenvalue weighted by Crippen LogP contribution is 2.41. The molecule has 6 nitrogen and oxygen atoms in total. The number of rotatable bonds is 11. The Morgan fingerprint density at radius 2 is 1.72 bits per heavy atom. The number of unbranched alkanes of at least 4 members (excludes halogenated alkanes) is 1. The molecular weight excluding hydrogens is 417 g/mol. The molecule has 1 aromatic heterocycles. The van der Waals surface area contributed by atoms with Crippen LogP contribution in [-0.2, 0) is 11.2 Å². The van der Waals surface area contributed by atoms with E-state index < -0.39 is 0 Å². The van der Waals surface area contributed by atoms with E-state index in [2.05, 4.69) is 4.98 Å². The maximum atomic E-state index is 13.0. The number of pyridine rings is 1. The summed E-state index contributed by atoms with van der Waals surface area (Å²) in [5.74, 6) is 0.434. The molecule has 8 heteroatoms. The predicted molar refractivity (Wildman–Crippen MR) is 112 cm³/mol. The molecule has 0 amide bonds. The van der Waals surface area contributed by atoms with Gasteiger partial charge in [-0.05, 0) is 18.6 Å². The van der Waals surface area contributed by atoms with Gasteiger partial charge in [0.15, 0.2) is 23.1 Å². The number of nitrogens with zero attached hydrogens (tertiary/aromatic N) is 1. The van der Waals surface area contributed by atoms with E-state index in [0.29, 0.717) is 27.8 Å². The number of aromatic nitrogens is 1. The van der Waals surface area contributed by atoms with Gasteiger partial charge in [-0.2, -0.15) is 0 Å². The lowest BCUT2D eigenvalue weighted by Gasteiger charge is -2.17. The van der Waals surface area contributed by atoms with Crippen LogP contribution in [0.15, 0.2) is 24.5 Å². The number of hydrogen-bond donors (Lipinski definition) is 0. The number of ether oxygens (including phenoxy) is 3.